The van der Waals surface area contributed by atoms with E-state index in [2.05, 4.69) is 9.88 Å². The molecule has 1 amide bonds. The van der Waals surface area contributed by atoms with Gasteiger partial charge >= 0.3 is 0 Å². The van der Waals surface area contributed by atoms with Crippen molar-refractivity contribution in [1.29, 1.82) is 0 Å². The van der Waals surface area contributed by atoms with Crippen molar-refractivity contribution in [3.8, 4) is 5.75 Å². The van der Waals surface area contributed by atoms with E-state index < -0.39 is 17.7 Å². The van der Waals surface area contributed by atoms with Crippen molar-refractivity contribution in [2.24, 2.45) is 0 Å². The van der Waals surface area contributed by atoms with Gasteiger partial charge < -0.3 is 19.5 Å². The Labute approximate surface area is 187 Å². The van der Waals surface area contributed by atoms with Crippen LogP contribution in [-0.2, 0) is 14.3 Å². The van der Waals surface area contributed by atoms with Crippen LogP contribution in [0.1, 0.15) is 23.7 Å². The second kappa shape index (κ2) is 9.93. The third-order valence-electron chi connectivity index (χ3n) is 5.85. The molecule has 3 heterocycles. The molecule has 2 aliphatic heterocycles. The predicted octanol–water partition coefficient (Wildman–Crippen LogP) is 2.23. The van der Waals surface area contributed by atoms with Crippen molar-refractivity contribution in [2.45, 2.75) is 12.5 Å². The second-order valence-electron chi connectivity index (χ2n) is 7.78. The van der Waals surface area contributed by atoms with Gasteiger partial charge in [0.05, 0.1) is 31.6 Å². The first kappa shape index (κ1) is 22.0. The average Bonchev–Trinajstić information content (AvgIpc) is 3.10. The molecule has 1 atom stereocenters. The van der Waals surface area contributed by atoms with Gasteiger partial charge in [-0.3, -0.25) is 19.5 Å². The number of methoxy groups -OCH3 is 1. The molecule has 32 heavy (non-hydrogen) atoms. The molecular weight excluding hydrogens is 410 g/mol. The summed E-state index contributed by atoms with van der Waals surface area (Å²) in [6.45, 7) is 4.34. The molecule has 1 aromatic heterocycles. The van der Waals surface area contributed by atoms with Gasteiger partial charge in [0.15, 0.2) is 0 Å². The molecule has 0 unspecified atom stereocenters. The van der Waals surface area contributed by atoms with E-state index in [0.717, 1.165) is 19.6 Å². The van der Waals surface area contributed by atoms with E-state index in [4.69, 9.17) is 9.47 Å². The first-order valence-corrected chi connectivity index (χ1v) is 10.7. The van der Waals surface area contributed by atoms with Crippen LogP contribution in [-0.4, -0.2) is 78.1 Å². The SMILES string of the molecule is COc1ccc(/C(O)=C2\C(=O)C(=O)N(CCCN3CCOCC3)[C@H]2c2ccccn2)cc1. The lowest BCUT2D eigenvalue weighted by Crippen LogP contribution is -2.39. The summed E-state index contributed by atoms with van der Waals surface area (Å²) in [7, 11) is 1.55. The number of hydrogen-bond acceptors (Lipinski definition) is 7. The maximum Gasteiger partial charge on any atom is 0.295 e. The minimum atomic E-state index is -0.733. The van der Waals surface area contributed by atoms with Crippen LogP contribution in [0.15, 0.2) is 54.2 Å². The first-order chi connectivity index (χ1) is 15.6. The number of amides is 1. The maximum atomic E-state index is 13.0. The zero-order valence-corrected chi connectivity index (χ0v) is 18.1. The number of aliphatic hydroxyl groups excluding tert-OH is 1. The summed E-state index contributed by atoms with van der Waals surface area (Å²) >= 11 is 0. The highest BCUT2D eigenvalue weighted by molar-refractivity contribution is 6.46. The Bertz CT molecular complexity index is 984. The quantitative estimate of drug-likeness (QED) is 0.403. The van der Waals surface area contributed by atoms with Crippen molar-refractivity contribution < 1.29 is 24.2 Å². The molecule has 2 fully saturated rings. The highest BCUT2D eigenvalue weighted by Crippen LogP contribution is 2.38. The third-order valence-corrected chi connectivity index (χ3v) is 5.85. The van der Waals surface area contributed by atoms with Crippen LogP contribution in [0.25, 0.3) is 5.76 Å². The van der Waals surface area contributed by atoms with Crippen LogP contribution >= 0.6 is 0 Å². The normalized spacial score (nSPS) is 21.2. The summed E-state index contributed by atoms with van der Waals surface area (Å²) in [4.78, 5) is 34.2. The van der Waals surface area contributed by atoms with E-state index >= 15 is 0 Å². The second-order valence-corrected chi connectivity index (χ2v) is 7.78. The minimum Gasteiger partial charge on any atom is -0.507 e. The van der Waals surface area contributed by atoms with E-state index in [-0.39, 0.29) is 11.3 Å². The number of hydrogen-bond donors (Lipinski definition) is 1. The lowest BCUT2D eigenvalue weighted by Gasteiger charge is -2.28. The number of likely N-dealkylation sites (tertiary alicyclic amines) is 1. The Morgan fingerprint density at radius 1 is 1.12 bits per heavy atom. The van der Waals surface area contributed by atoms with Gasteiger partial charge in [-0.2, -0.15) is 0 Å². The summed E-state index contributed by atoms with van der Waals surface area (Å²) in [5.41, 5.74) is 1.05. The fourth-order valence-electron chi connectivity index (χ4n) is 4.15. The molecule has 2 saturated heterocycles. The Morgan fingerprint density at radius 2 is 1.88 bits per heavy atom. The van der Waals surface area contributed by atoms with Gasteiger partial charge in [-0.15, -0.1) is 0 Å². The molecule has 8 nitrogen and oxygen atoms in total. The first-order valence-electron chi connectivity index (χ1n) is 10.7. The van der Waals surface area contributed by atoms with Gasteiger partial charge in [0, 0.05) is 37.9 Å². The molecule has 4 rings (SSSR count). The van der Waals surface area contributed by atoms with Crippen LogP contribution in [0, 0.1) is 0 Å². The largest absolute Gasteiger partial charge is 0.507 e. The number of benzene rings is 1. The van der Waals surface area contributed by atoms with Crippen LogP contribution in [0.4, 0.5) is 0 Å². The minimum absolute atomic E-state index is 0.0604. The van der Waals surface area contributed by atoms with Gasteiger partial charge in [-0.05, 0) is 42.8 Å². The molecule has 0 saturated carbocycles. The van der Waals surface area contributed by atoms with Gasteiger partial charge in [0.2, 0.25) is 0 Å². The Hall–Kier alpha value is -3.23. The number of rotatable bonds is 7. The maximum absolute atomic E-state index is 13.0. The monoisotopic (exact) mass is 437 g/mol. The highest BCUT2D eigenvalue weighted by Gasteiger charge is 2.46. The number of pyridine rings is 1. The van der Waals surface area contributed by atoms with E-state index in [1.165, 1.54) is 4.90 Å². The molecular formula is C24H27N3O5. The summed E-state index contributed by atoms with van der Waals surface area (Å²) in [6.07, 6.45) is 2.33. The molecule has 0 aliphatic carbocycles. The lowest BCUT2D eigenvalue weighted by molar-refractivity contribution is -0.140. The fourth-order valence-corrected chi connectivity index (χ4v) is 4.15. The van der Waals surface area contributed by atoms with Crippen molar-refractivity contribution in [3.63, 3.8) is 0 Å². The van der Waals surface area contributed by atoms with Crippen LogP contribution in [0.2, 0.25) is 0 Å². The number of aromatic nitrogens is 1. The summed E-state index contributed by atoms with van der Waals surface area (Å²) < 4.78 is 10.5. The predicted molar refractivity (Wildman–Crippen MR) is 118 cm³/mol. The van der Waals surface area contributed by atoms with E-state index in [0.29, 0.717) is 43.2 Å². The van der Waals surface area contributed by atoms with Crippen LogP contribution in [0.5, 0.6) is 5.75 Å². The highest BCUT2D eigenvalue weighted by atomic mass is 16.5. The zero-order valence-electron chi connectivity index (χ0n) is 18.1. The van der Waals surface area contributed by atoms with Crippen LogP contribution in [0.3, 0.4) is 0 Å². The lowest BCUT2D eigenvalue weighted by atomic mass is 9.98. The molecule has 8 heteroatoms. The number of Topliss-reactive ketones (excluding diaryl/α,β-unsaturated/α-hetero) is 1. The average molecular weight is 437 g/mol. The van der Waals surface area contributed by atoms with E-state index in [1.54, 1.807) is 49.7 Å². The van der Waals surface area contributed by atoms with Crippen molar-refractivity contribution in [2.75, 3.05) is 46.5 Å². The number of nitrogens with zero attached hydrogens (tertiary/aromatic N) is 3. The van der Waals surface area contributed by atoms with Gasteiger partial charge in [-0.1, -0.05) is 6.07 Å². The number of aliphatic hydroxyl groups is 1. The smallest absolute Gasteiger partial charge is 0.295 e. The number of carbonyl (C=O) groups excluding carboxylic acids is 2. The molecule has 2 aliphatic rings. The van der Waals surface area contributed by atoms with Crippen LogP contribution < -0.4 is 4.74 Å². The molecule has 0 bridgehead atoms. The van der Waals surface area contributed by atoms with Gasteiger partial charge in [-0.25, -0.2) is 0 Å². The van der Waals surface area contributed by atoms with Crippen molar-refractivity contribution in [3.05, 3.63) is 65.5 Å². The molecule has 0 spiro atoms. The summed E-state index contributed by atoms with van der Waals surface area (Å²) in [6, 6.07) is 11.3. The summed E-state index contributed by atoms with van der Waals surface area (Å²) in [5, 5.41) is 11.0. The standard InChI is InChI=1S/C24H27N3O5/c1-31-18-8-6-17(7-9-18)22(28)20-21(19-5-2-3-10-25-19)27(24(30)23(20)29)12-4-11-26-13-15-32-16-14-26/h2-3,5-10,21,28H,4,11-16H2,1H3/b22-20+/t21-/m0/s1. The number of carbonyl (C=O) groups is 2. The Morgan fingerprint density at radius 3 is 2.53 bits per heavy atom. The fraction of sp³-hybridized carbons (Fsp3) is 0.375. The van der Waals surface area contributed by atoms with Gasteiger partial charge in [0.1, 0.15) is 17.6 Å². The Balaban J connectivity index is 1.64. The molecule has 1 aromatic carbocycles. The topological polar surface area (TPSA) is 92.2 Å². The number of ether oxygens (including phenoxy) is 2. The third kappa shape index (κ3) is 4.51. The van der Waals surface area contributed by atoms with E-state index in [9.17, 15) is 14.7 Å². The zero-order chi connectivity index (χ0) is 22.5. The van der Waals surface area contributed by atoms with Crippen molar-refractivity contribution in [1.82, 2.24) is 14.8 Å². The molecule has 168 valence electrons. The molecule has 2 aromatic rings. The number of ketones is 1. The molecule has 0 radical (unpaired) electrons. The number of morpholine rings is 1. The van der Waals surface area contributed by atoms with Gasteiger partial charge in [0.25, 0.3) is 11.7 Å². The van der Waals surface area contributed by atoms with Crippen molar-refractivity contribution >= 4 is 17.4 Å². The Kier molecular flexibility index (Phi) is 6.82. The molecule has 1 N–H and O–H groups in total. The summed E-state index contributed by atoms with van der Waals surface area (Å²) in [5.74, 6) is -0.887. The van der Waals surface area contributed by atoms with E-state index in [1.807, 2.05) is 6.07 Å².